The highest BCUT2D eigenvalue weighted by Crippen LogP contribution is 2.38. The third kappa shape index (κ3) is 6.48. The second-order valence-corrected chi connectivity index (χ2v) is 10.8. The molecule has 8 heteroatoms. The second-order valence-electron chi connectivity index (χ2n) is 8.05. The third-order valence-electron chi connectivity index (χ3n) is 5.12. The average Bonchev–Trinajstić information content (AvgIpc) is 3.05. The Morgan fingerprint density at radius 2 is 1.87 bits per heavy atom. The summed E-state index contributed by atoms with van der Waals surface area (Å²) >= 11 is 3.30. The molecule has 1 aliphatic heterocycles. The molecule has 0 atom stereocenters. The van der Waals surface area contributed by atoms with Crippen LogP contribution in [0.25, 0.3) is 0 Å². The number of anilines is 1. The summed E-state index contributed by atoms with van der Waals surface area (Å²) in [5, 5.41) is 4.10. The molecule has 1 aliphatic rings. The lowest BCUT2D eigenvalue weighted by molar-refractivity contribution is -0.115. The quantitative estimate of drug-likeness (QED) is 0.422. The fraction of sp³-hybridized carbons (Fsp3) is 0.478. The molecule has 31 heavy (non-hydrogen) atoms. The van der Waals surface area contributed by atoms with Crippen LogP contribution in [0.1, 0.15) is 54.1 Å². The summed E-state index contributed by atoms with van der Waals surface area (Å²) in [4.78, 5) is 29.9. The molecule has 2 heterocycles. The third-order valence-corrected chi connectivity index (χ3v) is 7.27. The Labute approximate surface area is 199 Å². The van der Waals surface area contributed by atoms with Crippen molar-refractivity contribution in [3.8, 4) is 0 Å². The van der Waals surface area contributed by atoms with Crippen LogP contribution in [0.15, 0.2) is 29.2 Å². The number of carbonyl (C=O) groups excluding carboxylic acids is 2. The zero-order valence-corrected chi connectivity index (χ0v) is 21.1. The van der Waals surface area contributed by atoms with Crippen molar-refractivity contribution >= 4 is 52.4 Å². The number of fused-ring (bicyclic) bond motifs is 1. The van der Waals surface area contributed by atoms with Gasteiger partial charge in [0.05, 0.1) is 19.1 Å². The van der Waals surface area contributed by atoms with Crippen molar-refractivity contribution in [1.29, 1.82) is 0 Å². The van der Waals surface area contributed by atoms with Crippen molar-refractivity contribution in [3.63, 3.8) is 0 Å². The van der Waals surface area contributed by atoms with E-state index in [4.69, 9.17) is 4.74 Å². The predicted octanol–water partition coefficient (Wildman–Crippen LogP) is 5.40. The standard InChI is InChI=1S/C23H30N2O3S2.ClH/c1-14(2)25-11-10-18-19(13-25)30-22(21(18)23(27)28-5)24-20(26)12-16-6-8-17(9-7-16)29-15(3)4;/h6-9,14-15H,10-13H2,1-5H3,(H,24,26);1H. The van der Waals surface area contributed by atoms with E-state index in [1.54, 1.807) is 11.8 Å². The zero-order valence-electron chi connectivity index (χ0n) is 18.7. The maximum absolute atomic E-state index is 12.7. The summed E-state index contributed by atoms with van der Waals surface area (Å²) in [6.45, 7) is 10.4. The molecule has 1 amide bonds. The Morgan fingerprint density at radius 3 is 2.45 bits per heavy atom. The number of methoxy groups -OCH3 is 1. The molecule has 0 saturated heterocycles. The number of hydrogen-bond donors (Lipinski definition) is 1. The number of halogens is 1. The Hall–Kier alpha value is -1.54. The van der Waals surface area contributed by atoms with Crippen LogP contribution in [0.3, 0.4) is 0 Å². The predicted molar refractivity (Wildman–Crippen MR) is 132 cm³/mol. The number of esters is 1. The number of ether oxygens (including phenoxy) is 1. The van der Waals surface area contributed by atoms with Gasteiger partial charge in [-0.25, -0.2) is 4.79 Å². The van der Waals surface area contributed by atoms with Crippen molar-refractivity contribution in [2.75, 3.05) is 19.0 Å². The molecular formula is C23H31ClN2O3S2. The molecule has 0 unspecified atom stereocenters. The number of rotatable bonds is 7. The van der Waals surface area contributed by atoms with Crippen LogP contribution in [0.4, 0.5) is 5.00 Å². The van der Waals surface area contributed by atoms with E-state index in [1.807, 2.05) is 12.1 Å². The number of nitrogens with one attached hydrogen (secondary N) is 1. The van der Waals surface area contributed by atoms with E-state index in [0.717, 1.165) is 35.5 Å². The van der Waals surface area contributed by atoms with Crippen LogP contribution in [0.2, 0.25) is 0 Å². The fourth-order valence-corrected chi connectivity index (χ4v) is 5.70. The van der Waals surface area contributed by atoms with Crippen molar-refractivity contribution in [1.82, 2.24) is 4.90 Å². The number of thiophene rings is 1. The maximum atomic E-state index is 12.7. The van der Waals surface area contributed by atoms with Gasteiger partial charge >= 0.3 is 5.97 Å². The maximum Gasteiger partial charge on any atom is 0.341 e. The van der Waals surface area contributed by atoms with Crippen molar-refractivity contribution in [2.24, 2.45) is 0 Å². The smallest absolute Gasteiger partial charge is 0.341 e. The molecule has 0 aliphatic carbocycles. The summed E-state index contributed by atoms with van der Waals surface area (Å²) in [6, 6.07) is 8.53. The van der Waals surface area contributed by atoms with Gasteiger partial charge in [0.25, 0.3) is 0 Å². The zero-order chi connectivity index (χ0) is 21.8. The van der Waals surface area contributed by atoms with Crippen LogP contribution in [0, 0.1) is 0 Å². The van der Waals surface area contributed by atoms with Gasteiger partial charge in [-0.15, -0.1) is 35.5 Å². The molecule has 0 radical (unpaired) electrons. The number of amides is 1. The minimum Gasteiger partial charge on any atom is -0.465 e. The number of thioether (sulfide) groups is 1. The van der Waals surface area contributed by atoms with Crippen molar-refractivity contribution in [3.05, 3.63) is 45.8 Å². The molecule has 0 spiro atoms. The lowest BCUT2D eigenvalue weighted by atomic mass is 10.0. The number of carbonyl (C=O) groups is 2. The SMILES string of the molecule is COC(=O)c1c(NC(=O)Cc2ccc(SC(C)C)cc2)sc2c1CCN(C(C)C)C2.Cl. The van der Waals surface area contributed by atoms with Gasteiger partial charge < -0.3 is 10.1 Å². The van der Waals surface area contributed by atoms with Gasteiger partial charge in [0.15, 0.2) is 0 Å². The monoisotopic (exact) mass is 482 g/mol. The van der Waals surface area contributed by atoms with Crippen LogP contribution in [0.5, 0.6) is 0 Å². The number of benzene rings is 1. The Bertz CT molecular complexity index is 910. The summed E-state index contributed by atoms with van der Waals surface area (Å²) in [5.41, 5.74) is 2.50. The molecule has 1 aromatic heterocycles. The van der Waals surface area contributed by atoms with E-state index in [2.05, 4.69) is 50.0 Å². The van der Waals surface area contributed by atoms with Gasteiger partial charge in [0.1, 0.15) is 5.00 Å². The molecule has 170 valence electrons. The van der Waals surface area contributed by atoms with Crippen LogP contribution in [-0.2, 0) is 28.9 Å². The molecule has 1 N–H and O–H groups in total. The van der Waals surface area contributed by atoms with E-state index < -0.39 is 0 Å². The van der Waals surface area contributed by atoms with E-state index in [9.17, 15) is 9.59 Å². The summed E-state index contributed by atoms with van der Waals surface area (Å²) in [5.74, 6) is -0.500. The van der Waals surface area contributed by atoms with Gasteiger partial charge in [-0.2, -0.15) is 0 Å². The number of nitrogens with zero attached hydrogens (tertiary/aromatic N) is 1. The highest BCUT2D eigenvalue weighted by atomic mass is 35.5. The van der Waals surface area contributed by atoms with E-state index in [0.29, 0.717) is 21.9 Å². The summed E-state index contributed by atoms with van der Waals surface area (Å²) in [7, 11) is 1.39. The molecule has 5 nitrogen and oxygen atoms in total. The lowest BCUT2D eigenvalue weighted by Crippen LogP contribution is -2.35. The Balaban J connectivity index is 0.00000341. The minimum atomic E-state index is -0.379. The Kier molecular flexibility index (Phi) is 9.43. The van der Waals surface area contributed by atoms with Gasteiger partial charge in [-0.05, 0) is 43.5 Å². The molecule has 0 fully saturated rings. The first-order valence-electron chi connectivity index (χ1n) is 10.3. The highest BCUT2D eigenvalue weighted by molar-refractivity contribution is 7.99. The van der Waals surface area contributed by atoms with Crippen molar-refractivity contribution < 1.29 is 14.3 Å². The molecule has 0 bridgehead atoms. The molecular weight excluding hydrogens is 452 g/mol. The molecule has 2 aromatic rings. The largest absolute Gasteiger partial charge is 0.465 e. The van der Waals surface area contributed by atoms with E-state index in [1.165, 1.54) is 23.3 Å². The van der Waals surface area contributed by atoms with Crippen molar-refractivity contribution in [2.45, 2.75) is 63.3 Å². The normalized spacial score (nSPS) is 13.6. The first-order valence-corrected chi connectivity index (χ1v) is 12.0. The second kappa shape index (κ2) is 11.4. The highest BCUT2D eigenvalue weighted by Gasteiger charge is 2.29. The summed E-state index contributed by atoms with van der Waals surface area (Å²) in [6.07, 6.45) is 1.06. The molecule has 3 rings (SSSR count). The lowest BCUT2D eigenvalue weighted by Gasteiger charge is -2.30. The Morgan fingerprint density at radius 1 is 1.19 bits per heavy atom. The topological polar surface area (TPSA) is 58.6 Å². The van der Waals surface area contributed by atoms with Gasteiger partial charge in [-0.1, -0.05) is 26.0 Å². The first kappa shape index (κ1) is 25.7. The van der Waals surface area contributed by atoms with Crippen LogP contribution < -0.4 is 5.32 Å². The van der Waals surface area contributed by atoms with Gasteiger partial charge in [0, 0.05) is 34.2 Å². The average molecular weight is 483 g/mol. The van der Waals surface area contributed by atoms with Crippen LogP contribution >= 0.6 is 35.5 Å². The number of hydrogen-bond acceptors (Lipinski definition) is 6. The van der Waals surface area contributed by atoms with Gasteiger partial charge in [0.2, 0.25) is 5.91 Å². The molecule has 1 aromatic carbocycles. The van der Waals surface area contributed by atoms with E-state index >= 15 is 0 Å². The fourth-order valence-electron chi connectivity index (χ4n) is 3.58. The minimum absolute atomic E-state index is 0. The van der Waals surface area contributed by atoms with Crippen LogP contribution in [-0.4, -0.2) is 41.7 Å². The summed E-state index contributed by atoms with van der Waals surface area (Å²) < 4.78 is 5.02. The first-order chi connectivity index (χ1) is 14.3. The van der Waals surface area contributed by atoms with Gasteiger partial charge in [-0.3, -0.25) is 9.69 Å². The van der Waals surface area contributed by atoms with E-state index in [-0.39, 0.29) is 30.7 Å². The molecule has 0 saturated carbocycles.